The Labute approximate surface area is 112 Å². The van der Waals surface area contributed by atoms with Crippen molar-refractivity contribution in [3.8, 4) is 0 Å². The molecule has 0 saturated carbocycles. The first kappa shape index (κ1) is 12.8. The summed E-state index contributed by atoms with van der Waals surface area (Å²) >= 11 is 3.35. The molecule has 2 aromatic rings. The second kappa shape index (κ2) is 5.35. The van der Waals surface area contributed by atoms with Crippen LogP contribution in [-0.2, 0) is 9.53 Å². The lowest BCUT2D eigenvalue weighted by Crippen LogP contribution is -2.03. The third-order valence-corrected chi connectivity index (χ3v) is 2.92. The molecule has 0 aliphatic rings. The molecule has 0 aliphatic heterocycles. The molecule has 3 nitrogen and oxygen atoms in total. The number of ether oxygens (including phenoxy) is 1. The third kappa shape index (κ3) is 2.61. The van der Waals surface area contributed by atoms with Crippen LogP contribution in [0.15, 0.2) is 34.7 Å². The molecule has 5 heteroatoms. The van der Waals surface area contributed by atoms with Crippen molar-refractivity contribution in [2.24, 2.45) is 0 Å². The molecule has 0 aliphatic carbocycles. The highest BCUT2D eigenvalue weighted by Crippen LogP contribution is 2.24. The van der Waals surface area contributed by atoms with Gasteiger partial charge in [-0.25, -0.2) is 4.79 Å². The van der Waals surface area contributed by atoms with Gasteiger partial charge in [-0.05, 0) is 31.2 Å². The Kier molecular flexibility index (Phi) is 3.81. The fourth-order valence-corrected chi connectivity index (χ4v) is 1.99. The second-order valence-corrected chi connectivity index (χ2v) is 4.56. The van der Waals surface area contributed by atoms with Gasteiger partial charge >= 0.3 is 5.97 Å². The van der Waals surface area contributed by atoms with Gasteiger partial charge in [-0.3, -0.25) is 0 Å². The molecular formula is C13H11BrFNO2. The second-order valence-electron chi connectivity index (χ2n) is 3.65. The smallest absolute Gasteiger partial charge is 0.367 e. The molecular weight excluding hydrogens is 301 g/mol. The standard InChI is InChI=1S/C13H11BrFNO2/c1-2-18-13(17)11(15)5-8-7-16-12-4-3-9(14)6-10(8)12/h3-7,16H,2H2,1H3/b11-5+. The summed E-state index contributed by atoms with van der Waals surface area (Å²) in [6.45, 7) is 1.79. The van der Waals surface area contributed by atoms with Crippen molar-refractivity contribution in [1.29, 1.82) is 0 Å². The molecule has 0 bridgehead atoms. The molecule has 0 unspecified atom stereocenters. The van der Waals surface area contributed by atoms with Gasteiger partial charge < -0.3 is 9.72 Å². The van der Waals surface area contributed by atoms with Crippen LogP contribution in [0.5, 0.6) is 0 Å². The van der Waals surface area contributed by atoms with Gasteiger partial charge in [-0.1, -0.05) is 15.9 Å². The van der Waals surface area contributed by atoms with E-state index in [1.807, 2.05) is 18.2 Å². The van der Waals surface area contributed by atoms with Crippen LogP contribution in [0.4, 0.5) is 4.39 Å². The van der Waals surface area contributed by atoms with Gasteiger partial charge in [0.25, 0.3) is 0 Å². The molecule has 0 atom stereocenters. The van der Waals surface area contributed by atoms with E-state index >= 15 is 0 Å². The average Bonchev–Trinajstić information content (AvgIpc) is 2.72. The van der Waals surface area contributed by atoms with E-state index in [1.165, 1.54) is 6.08 Å². The zero-order valence-electron chi connectivity index (χ0n) is 9.67. The van der Waals surface area contributed by atoms with Gasteiger partial charge in [0.05, 0.1) is 6.61 Å². The highest BCUT2D eigenvalue weighted by atomic mass is 79.9. The molecule has 94 valence electrons. The SMILES string of the molecule is CCOC(=O)/C(F)=C\c1c[nH]c2ccc(Br)cc12. The van der Waals surface area contributed by atoms with Crippen molar-refractivity contribution < 1.29 is 13.9 Å². The molecule has 1 aromatic carbocycles. The van der Waals surface area contributed by atoms with Crippen LogP contribution in [0.2, 0.25) is 0 Å². The molecule has 1 aromatic heterocycles. The number of benzene rings is 1. The Hall–Kier alpha value is -1.62. The van der Waals surface area contributed by atoms with E-state index in [0.717, 1.165) is 15.4 Å². The number of esters is 1. The van der Waals surface area contributed by atoms with Crippen molar-refractivity contribution in [2.45, 2.75) is 6.92 Å². The Morgan fingerprint density at radius 1 is 1.56 bits per heavy atom. The average molecular weight is 312 g/mol. The molecule has 18 heavy (non-hydrogen) atoms. The monoisotopic (exact) mass is 311 g/mol. The maximum Gasteiger partial charge on any atom is 0.367 e. The molecule has 2 rings (SSSR count). The molecule has 1 N–H and O–H groups in total. The minimum atomic E-state index is -0.943. The van der Waals surface area contributed by atoms with Crippen LogP contribution in [0.3, 0.4) is 0 Å². The Morgan fingerprint density at radius 3 is 3.06 bits per heavy atom. The number of aromatic nitrogens is 1. The van der Waals surface area contributed by atoms with E-state index in [-0.39, 0.29) is 6.61 Å². The molecule has 0 amide bonds. The zero-order chi connectivity index (χ0) is 13.1. The summed E-state index contributed by atoms with van der Waals surface area (Å²) in [4.78, 5) is 14.2. The van der Waals surface area contributed by atoms with Crippen molar-refractivity contribution in [3.05, 3.63) is 40.3 Å². The molecule has 1 heterocycles. The lowest BCUT2D eigenvalue weighted by Gasteiger charge is -1.98. The molecule has 0 fully saturated rings. The summed E-state index contributed by atoms with van der Waals surface area (Å²) in [6, 6.07) is 5.61. The maximum atomic E-state index is 13.5. The number of aromatic amines is 1. The number of nitrogens with one attached hydrogen (secondary N) is 1. The first-order chi connectivity index (χ1) is 8.61. The highest BCUT2D eigenvalue weighted by molar-refractivity contribution is 9.10. The van der Waals surface area contributed by atoms with Crippen LogP contribution in [-0.4, -0.2) is 17.6 Å². The first-order valence-corrected chi connectivity index (χ1v) is 6.22. The van der Waals surface area contributed by atoms with Crippen LogP contribution < -0.4 is 0 Å². The van der Waals surface area contributed by atoms with Crippen LogP contribution >= 0.6 is 15.9 Å². The summed E-state index contributed by atoms with van der Waals surface area (Å²) < 4.78 is 19.0. The van der Waals surface area contributed by atoms with Crippen molar-refractivity contribution in [1.82, 2.24) is 4.98 Å². The predicted molar refractivity (Wildman–Crippen MR) is 71.7 cm³/mol. The van der Waals surface area contributed by atoms with Crippen LogP contribution in [0, 0.1) is 0 Å². The van der Waals surface area contributed by atoms with Gasteiger partial charge in [-0.2, -0.15) is 4.39 Å². The Bertz CT molecular complexity index is 618. The summed E-state index contributed by atoms with van der Waals surface area (Å²) in [5.74, 6) is -1.85. The number of rotatable bonds is 3. The summed E-state index contributed by atoms with van der Waals surface area (Å²) in [6.07, 6.45) is 2.82. The maximum absolute atomic E-state index is 13.5. The summed E-state index contributed by atoms with van der Waals surface area (Å²) in [5, 5.41) is 0.837. The largest absolute Gasteiger partial charge is 0.461 e. The first-order valence-electron chi connectivity index (χ1n) is 5.42. The molecule has 0 radical (unpaired) electrons. The Morgan fingerprint density at radius 2 is 2.33 bits per heavy atom. The van der Waals surface area contributed by atoms with Crippen molar-refractivity contribution in [3.63, 3.8) is 0 Å². The minimum absolute atomic E-state index is 0.152. The zero-order valence-corrected chi connectivity index (χ0v) is 11.3. The highest BCUT2D eigenvalue weighted by Gasteiger charge is 2.11. The van der Waals surface area contributed by atoms with Crippen LogP contribution in [0.1, 0.15) is 12.5 Å². The predicted octanol–water partition coefficient (Wildman–Crippen LogP) is 3.80. The van der Waals surface area contributed by atoms with Gasteiger partial charge in [-0.15, -0.1) is 0 Å². The lowest BCUT2D eigenvalue weighted by atomic mass is 10.1. The fraction of sp³-hybridized carbons (Fsp3) is 0.154. The number of hydrogen-bond donors (Lipinski definition) is 1. The quantitative estimate of drug-likeness (QED) is 0.692. The van der Waals surface area contributed by atoms with Gasteiger partial charge in [0.15, 0.2) is 0 Å². The number of carbonyl (C=O) groups excluding carboxylic acids is 1. The van der Waals surface area contributed by atoms with E-state index in [9.17, 15) is 9.18 Å². The minimum Gasteiger partial charge on any atom is -0.461 e. The van der Waals surface area contributed by atoms with Gasteiger partial charge in [0.1, 0.15) is 0 Å². The van der Waals surface area contributed by atoms with E-state index in [1.54, 1.807) is 13.1 Å². The topological polar surface area (TPSA) is 42.1 Å². The molecule has 0 saturated heterocycles. The fourth-order valence-electron chi connectivity index (χ4n) is 1.63. The third-order valence-electron chi connectivity index (χ3n) is 2.43. The van der Waals surface area contributed by atoms with E-state index in [2.05, 4.69) is 25.7 Å². The number of hydrogen-bond acceptors (Lipinski definition) is 2. The lowest BCUT2D eigenvalue weighted by molar-refractivity contribution is -0.140. The number of halogens is 2. The number of fused-ring (bicyclic) bond motifs is 1. The van der Waals surface area contributed by atoms with Crippen LogP contribution in [0.25, 0.3) is 17.0 Å². The van der Waals surface area contributed by atoms with E-state index in [0.29, 0.717) is 5.56 Å². The normalized spacial score (nSPS) is 11.8. The summed E-state index contributed by atoms with van der Waals surface area (Å²) in [7, 11) is 0. The Balaban J connectivity index is 2.39. The number of H-pyrrole nitrogens is 1. The van der Waals surface area contributed by atoms with E-state index in [4.69, 9.17) is 0 Å². The van der Waals surface area contributed by atoms with Gasteiger partial charge in [0, 0.05) is 27.1 Å². The van der Waals surface area contributed by atoms with Crippen molar-refractivity contribution in [2.75, 3.05) is 6.61 Å². The van der Waals surface area contributed by atoms with Gasteiger partial charge in [0.2, 0.25) is 5.83 Å². The summed E-state index contributed by atoms with van der Waals surface area (Å²) in [5.41, 5.74) is 1.48. The van der Waals surface area contributed by atoms with Crippen molar-refractivity contribution >= 4 is 38.9 Å². The molecule has 0 spiro atoms. The number of carbonyl (C=O) groups is 1. The van der Waals surface area contributed by atoms with E-state index < -0.39 is 11.8 Å².